The maximum Gasteiger partial charge on any atom is 0.343 e. The number of benzene rings is 3. The van der Waals surface area contributed by atoms with E-state index in [9.17, 15) is 15.0 Å². The van der Waals surface area contributed by atoms with Crippen molar-refractivity contribution in [3.8, 4) is 17.2 Å². The molecule has 104 valence electrons. The second-order valence-electron chi connectivity index (χ2n) is 4.56. The SMILES string of the molecule is O=C(Oc1cccc2c(O)cccc12)c1ccc(O)cc1. The summed E-state index contributed by atoms with van der Waals surface area (Å²) in [4.78, 5) is 12.1. The van der Waals surface area contributed by atoms with E-state index in [2.05, 4.69) is 0 Å². The van der Waals surface area contributed by atoms with Gasteiger partial charge in [0.15, 0.2) is 0 Å². The van der Waals surface area contributed by atoms with Gasteiger partial charge in [-0.15, -0.1) is 0 Å². The van der Waals surface area contributed by atoms with Gasteiger partial charge >= 0.3 is 5.97 Å². The number of rotatable bonds is 2. The average Bonchev–Trinajstić information content (AvgIpc) is 2.49. The van der Waals surface area contributed by atoms with Crippen LogP contribution in [0.2, 0.25) is 0 Å². The Kier molecular flexibility index (Phi) is 3.20. The molecule has 0 fully saturated rings. The molecule has 3 aromatic rings. The Morgan fingerprint density at radius 3 is 2.24 bits per heavy atom. The Morgan fingerprint density at radius 1 is 0.810 bits per heavy atom. The van der Waals surface area contributed by atoms with E-state index in [1.165, 1.54) is 24.3 Å². The lowest BCUT2D eigenvalue weighted by Crippen LogP contribution is -2.08. The van der Waals surface area contributed by atoms with E-state index in [0.717, 1.165) is 0 Å². The second kappa shape index (κ2) is 5.17. The topological polar surface area (TPSA) is 66.8 Å². The van der Waals surface area contributed by atoms with E-state index >= 15 is 0 Å². The summed E-state index contributed by atoms with van der Waals surface area (Å²) in [7, 11) is 0. The molecule has 0 spiro atoms. The predicted octanol–water partition coefficient (Wildman–Crippen LogP) is 3.47. The highest BCUT2D eigenvalue weighted by Crippen LogP contribution is 2.31. The molecule has 0 aromatic heterocycles. The van der Waals surface area contributed by atoms with Gasteiger partial charge in [0.2, 0.25) is 0 Å². The van der Waals surface area contributed by atoms with Gasteiger partial charge in [-0.05, 0) is 36.4 Å². The molecule has 0 amide bonds. The number of phenolic OH excluding ortho intramolecular Hbond substituents is 2. The second-order valence-corrected chi connectivity index (χ2v) is 4.56. The van der Waals surface area contributed by atoms with Crippen molar-refractivity contribution in [1.29, 1.82) is 0 Å². The minimum atomic E-state index is -0.522. The molecule has 0 radical (unpaired) electrons. The van der Waals surface area contributed by atoms with Gasteiger partial charge in [-0.3, -0.25) is 0 Å². The highest BCUT2D eigenvalue weighted by atomic mass is 16.5. The van der Waals surface area contributed by atoms with E-state index < -0.39 is 5.97 Å². The Labute approximate surface area is 120 Å². The number of carbonyl (C=O) groups excluding carboxylic acids is 1. The number of carbonyl (C=O) groups is 1. The van der Waals surface area contributed by atoms with Crippen molar-refractivity contribution >= 4 is 16.7 Å². The number of phenols is 2. The molecule has 4 heteroatoms. The zero-order chi connectivity index (χ0) is 14.8. The average molecular weight is 280 g/mol. The maximum absolute atomic E-state index is 12.1. The molecular formula is C17H12O4. The molecule has 0 heterocycles. The van der Waals surface area contributed by atoms with Gasteiger partial charge in [-0.1, -0.05) is 24.3 Å². The number of esters is 1. The van der Waals surface area contributed by atoms with Crippen molar-refractivity contribution in [2.45, 2.75) is 0 Å². The van der Waals surface area contributed by atoms with Gasteiger partial charge in [-0.25, -0.2) is 4.79 Å². The molecule has 3 rings (SSSR count). The van der Waals surface area contributed by atoms with Gasteiger partial charge in [0.05, 0.1) is 5.56 Å². The molecular weight excluding hydrogens is 268 g/mol. The molecule has 2 N–H and O–H groups in total. The quantitative estimate of drug-likeness (QED) is 0.557. The van der Waals surface area contributed by atoms with E-state index in [1.54, 1.807) is 36.4 Å². The van der Waals surface area contributed by atoms with Gasteiger partial charge in [-0.2, -0.15) is 0 Å². The van der Waals surface area contributed by atoms with Crippen molar-refractivity contribution in [2.24, 2.45) is 0 Å². The number of fused-ring (bicyclic) bond motifs is 1. The third-order valence-electron chi connectivity index (χ3n) is 3.16. The van der Waals surface area contributed by atoms with Crippen molar-refractivity contribution in [3.63, 3.8) is 0 Å². The molecule has 3 aromatic carbocycles. The zero-order valence-corrected chi connectivity index (χ0v) is 11.0. The summed E-state index contributed by atoms with van der Waals surface area (Å²) in [6, 6.07) is 16.0. The number of hydrogen-bond donors (Lipinski definition) is 2. The summed E-state index contributed by atoms with van der Waals surface area (Å²) < 4.78 is 5.38. The van der Waals surface area contributed by atoms with Crippen LogP contribution in [0.4, 0.5) is 0 Å². The molecule has 0 aliphatic carbocycles. The van der Waals surface area contributed by atoms with Crippen LogP contribution < -0.4 is 4.74 Å². The highest BCUT2D eigenvalue weighted by molar-refractivity contribution is 5.97. The fourth-order valence-electron chi connectivity index (χ4n) is 2.11. The standard InChI is InChI=1S/C17H12O4/c18-12-9-7-11(8-10-12)17(20)21-16-6-2-3-13-14(16)4-1-5-15(13)19/h1-10,18-19H. The van der Waals surface area contributed by atoms with E-state index in [0.29, 0.717) is 22.1 Å². The van der Waals surface area contributed by atoms with Crippen molar-refractivity contribution in [3.05, 3.63) is 66.2 Å². The van der Waals surface area contributed by atoms with Crippen molar-refractivity contribution < 1.29 is 19.7 Å². The summed E-state index contributed by atoms with van der Waals surface area (Å²) in [5.41, 5.74) is 0.338. The molecule has 0 unspecified atom stereocenters. The first-order valence-electron chi connectivity index (χ1n) is 6.37. The normalized spacial score (nSPS) is 10.5. The maximum atomic E-state index is 12.1. The molecule has 0 saturated carbocycles. The lowest BCUT2D eigenvalue weighted by molar-refractivity contribution is 0.0737. The van der Waals surface area contributed by atoms with Crippen LogP contribution in [-0.2, 0) is 0 Å². The van der Waals surface area contributed by atoms with Gasteiger partial charge in [0.25, 0.3) is 0 Å². The number of hydrogen-bond acceptors (Lipinski definition) is 4. The Bertz CT molecular complexity index is 807. The highest BCUT2D eigenvalue weighted by Gasteiger charge is 2.11. The van der Waals surface area contributed by atoms with E-state index in [4.69, 9.17) is 4.74 Å². The molecule has 0 saturated heterocycles. The Balaban J connectivity index is 1.96. The lowest BCUT2D eigenvalue weighted by Gasteiger charge is -2.08. The van der Waals surface area contributed by atoms with Crippen LogP contribution in [0.5, 0.6) is 17.2 Å². The first-order valence-corrected chi connectivity index (χ1v) is 6.37. The Morgan fingerprint density at radius 2 is 1.48 bits per heavy atom. The van der Waals surface area contributed by atoms with Gasteiger partial charge in [0, 0.05) is 10.8 Å². The summed E-state index contributed by atoms with van der Waals surface area (Å²) in [6.07, 6.45) is 0. The van der Waals surface area contributed by atoms with Gasteiger partial charge < -0.3 is 14.9 Å². The predicted molar refractivity (Wildman–Crippen MR) is 78.7 cm³/mol. The summed E-state index contributed by atoms with van der Waals surface area (Å²) in [6.45, 7) is 0. The molecule has 0 aliphatic rings. The van der Waals surface area contributed by atoms with Crippen LogP contribution in [0.25, 0.3) is 10.8 Å². The van der Waals surface area contributed by atoms with Crippen molar-refractivity contribution in [1.82, 2.24) is 0 Å². The smallest absolute Gasteiger partial charge is 0.343 e. The van der Waals surface area contributed by atoms with Crippen LogP contribution in [-0.4, -0.2) is 16.2 Å². The monoisotopic (exact) mass is 280 g/mol. The van der Waals surface area contributed by atoms with Crippen LogP contribution in [0, 0.1) is 0 Å². The first kappa shape index (κ1) is 13.0. The fourth-order valence-corrected chi connectivity index (χ4v) is 2.11. The van der Waals surface area contributed by atoms with E-state index in [1.807, 2.05) is 0 Å². The zero-order valence-electron chi connectivity index (χ0n) is 11.0. The molecule has 0 atom stereocenters. The first-order chi connectivity index (χ1) is 10.1. The molecule has 21 heavy (non-hydrogen) atoms. The summed E-state index contributed by atoms with van der Waals surface area (Å²) >= 11 is 0. The van der Waals surface area contributed by atoms with Crippen LogP contribution in [0.3, 0.4) is 0 Å². The molecule has 0 aliphatic heterocycles. The van der Waals surface area contributed by atoms with Gasteiger partial charge in [0.1, 0.15) is 17.2 Å². The lowest BCUT2D eigenvalue weighted by atomic mass is 10.1. The summed E-state index contributed by atoms with van der Waals surface area (Å²) in [5, 5.41) is 20.3. The molecule has 4 nitrogen and oxygen atoms in total. The third-order valence-corrected chi connectivity index (χ3v) is 3.16. The van der Waals surface area contributed by atoms with Crippen molar-refractivity contribution in [2.75, 3.05) is 0 Å². The minimum absolute atomic E-state index is 0.0848. The Hall–Kier alpha value is -3.01. The van der Waals surface area contributed by atoms with Crippen LogP contribution in [0.15, 0.2) is 60.7 Å². The fraction of sp³-hybridized carbons (Fsp3) is 0. The van der Waals surface area contributed by atoms with Crippen LogP contribution >= 0.6 is 0 Å². The summed E-state index contributed by atoms with van der Waals surface area (Å²) in [5.74, 6) is 0.0731. The minimum Gasteiger partial charge on any atom is -0.508 e. The number of ether oxygens (including phenoxy) is 1. The van der Waals surface area contributed by atoms with Crippen LogP contribution in [0.1, 0.15) is 10.4 Å². The third kappa shape index (κ3) is 2.51. The molecule has 0 bridgehead atoms. The van der Waals surface area contributed by atoms with E-state index in [-0.39, 0.29) is 11.5 Å². The largest absolute Gasteiger partial charge is 0.508 e. The number of aromatic hydroxyl groups is 2.